The van der Waals surface area contributed by atoms with Crippen LogP contribution < -0.4 is 11.3 Å². The number of nitrogens with two attached hydrogens (primary N) is 1. The molecule has 0 bridgehead atoms. The summed E-state index contributed by atoms with van der Waals surface area (Å²) in [7, 11) is 0. The number of benzene rings is 2. The molecule has 1 amide bonds. The molecule has 3 aromatic rings. The minimum Gasteiger partial charge on any atom is -0.366 e. The van der Waals surface area contributed by atoms with E-state index in [4.69, 9.17) is 5.73 Å². The lowest BCUT2D eigenvalue weighted by molar-refractivity contribution is -0.384. The average Bonchev–Trinajstić information content (AvgIpc) is 2.57. The van der Waals surface area contributed by atoms with Gasteiger partial charge in [-0.1, -0.05) is 12.1 Å². The van der Waals surface area contributed by atoms with Crippen molar-refractivity contribution in [1.29, 1.82) is 0 Å². The number of fused-ring (bicyclic) bond motifs is 1. The molecule has 0 aliphatic heterocycles. The predicted molar refractivity (Wildman–Crippen MR) is 86.7 cm³/mol. The molecule has 2 N–H and O–H groups in total. The Hall–Kier alpha value is -3.55. The number of nitrogens with zero attached hydrogens (tertiary/aromatic N) is 3. The highest BCUT2D eigenvalue weighted by Crippen LogP contribution is 2.16. The largest absolute Gasteiger partial charge is 0.366 e. The summed E-state index contributed by atoms with van der Waals surface area (Å²) in [5, 5.41) is 11.1. The van der Waals surface area contributed by atoms with Gasteiger partial charge in [-0.3, -0.25) is 24.3 Å². The lowest BCUT2D eigenvalue weighted by atomic mass is 10.1. The van der Waals surface area contributed by atoms with Crippen LogP contribution in [0.3, 0.4) is 0 Å². The summed E-state index contributed by atoms with van der Waals surface area (Å²) in [4.78, 5) is 37.9. The summed E-state index contributed by atoms with van der Waals surface area (Å²) in [5.74, 6) is -0.521. The van der Waals surface area contributed by atoms with Crippen LogP contribution in [-0.4, -0.2) is 20.4 Å². The molecule has 3 rings (SSSR count). The summed E-state index contributed by atoms with van der Waals surface area (Å²) < 4.78 is 1.40. The maximum atomic E-state index is 12.5. The minimum atomic E-state index is -0.535. The summed E-state index contributed by atoms with van der Waals surface area (Å²) in [5.41, 5.74) is 6.22. The number of non-ortho nitro benzene ring substituents is 1. The molecule has 24 heavy (non-hydrogen) atoms. The van der Waals surface area contributed by atoms with Crippen LogP contribution in [0, 0.1) is 10.1 Å². The SMILES string of the molecule is NC(=O)c1ccc(Cn2cnc3cc([N+](=O)[O-])ccc3c2=O)cc1. The van der Waals surface area contributed by atoms with E-state index < -0.39 is 10.8 Å². The van der Waals surface area contributed by atoms with E-state index in [9.17, 15) is 19.7 Å². The van der Waals surface area contributed by atoms with Gasteiger partial charge in [-0.25, -0.2) is 4.98 Å². The van der Waals surface area contributed by atoms with Crippen LogP contribution in [0.5, 0.6) is 0 Å². The molecule has 0 atom stereocenters. The molecule has 2 aromatic carbocycles. The molecule has 0 spiro atoms. The Kier molecular flexibility index (Phi) is 3.78. The van der Waals surface area contributed by atoms with Crippen LogP contribution in [0.2, 0.25) is 0 Å². The molecular formula is C16H12N4O4. The number of amides is 1. The van der Waals surface area contributed by atoms with E-state index in [0.29, 0.717) is 10.9 Å². The van der Waals surface area contributed by atoms with Crippen LogP contribution in [0.25, 0.3) is 10.9 Å². The van der Waals surface area contributed by atoms with E-state index in [1.54, 1.807) is 24.3 Å². The third-order valence-electron chi connectivity index (χ3n) is 3.61. The predicted octanol–water partition coefficient (Wildman–Crippen LogP) is 1.45. The number of primary amides is 1. The molecule has 0 saturated heterocycles. The number of rotatable bonds is 4. The minimum absolute atomic E-state index is 0.116. The second-order valence-corrected chi connectivity index (χ2v) is 5.20. The number of nitro benzene ring substituents is 1. The lowest BCUT2D eigenvalue weighted by Gasteiger charge is -2.07. The maximum absolute atomic E-state index is 12.5. The summed E-state index contributed by atoms with van der Waals surface area (Å²) >= 11 is 0. The summed E-state index contributed by atoms with van der Waals surface area (Å²) in [6.45, 7) is 0.262. The quantitative estimate of drug-likeness (QED) is 0.575. The topological polar surface area (TPSA) is 121 Å². The highest BCUT2D eigenvalue weighted by atomic mass is 16.6. The van der Waals surface area contributed by atoms with Gasteiger partial charge < -0.3 is 5.73 Å². The van der Waals surface area contributed by atoms with Crippen molar-refractivity contribution < 1.29 is 9.72 Å². The van der Waals surface area contributed by atoms with Crippen molar-refractivity contribution >= 4 is 22.5 Å². The van der Waals surface area contributed by atoms with Crippen molar-refractivity contribution in [2.45, 2.75) is 6.54 Å². The molecule has 1 heterocycles. The molecule has 0 fully saturated rings. The van der Waals surface area contributed by atoms with Crippen molar-refractivity contribution in [1.82, 2.24) is 9.55 Å². The van der Waals surface area contributed by atoms with Gasteiger partial charge in [0, 0.05) is 17.7 Å². The maximum Gasteiger partial charge on any atom is 0.271 e. The first-order valence-corrected chi connectivity index (χ1v) is 6.98. The number of carbonyl (C=O) groups excluding carboxylic acids is 1. The van der Waals surface area contributed by atoms with Gasteiger partial charge in [-0.15, -0.1) is 0 Å². The summed E-state index contributed by atoms with van der Waals surface area (Å²) in [6.07, 6.45) is 1.34. The van der Waals surface area contributed by atoms with Crippen molar-refractivity contribution in [3.63, 3.8) is 0 Å². The molecule has 1 aromatic heterocycles. The van der Waals surface area contributed by atoms with Gasteiger partial charge in [0.25, 0.3) is 11.2 Å². The first-order valence-electron chi connectivity index (χ1n) is 6.98. The lowest BCUT2D eigenvalue weighted by Crippen LogP contribution is -2.21. The average molecular weight is 324 g/mol. The first kappa shape index (κ1) is 15.3. The Morgan fingerprint density at radius 2 is 1.92 bits per heavy atom. The van der Waals surface area contributed by atoms with E-state index in [1.807, 2.05) is 0 Å². The number of aromatic nitrogens is 2. The highest BCUT2D eigenvalue weighted by Gasteiger charge is 2.10. The van der Waals surface area contributed by atoms with Crippen LogP contribution >= 0.6 is 0 Å². The van der Waals surface area contributed by atoms with E-state index in [1.165, 1.54) is 29.1 Å². The molecule has 0 radical (unpaired) electrons. The Bertz CT molecular complexity index is 1010. The Labute approximate surface area is 135 Å². The van der Waals surface area contributed by atoms with Crippen molar-refractivity contribution in [3.8, 4) is 0 Å². The second-order valence-electron chi connectivity index (χ2n) is 5.20. The molecule has 8 heteroatoms. The number of hydrogen-bond acceptors (Lipinski definition) is 5. The second kappa shape index (κ2) is 5.92. The molecule has 0 saturated carbocycles. The van der Waals surface area contributed by atoms with Crippen LogP contribution in [0.4, 0.5) is 5.69 Å². The fourth-order valence-corrected chi connectivity index (χ4v) is 2.34. The monoisotopic (exact) mass is 324 g/mol. The van der Waals surface area contributed by atoms with E-state index in [2.05, 4.69) is 4.98 Å². The van der Waals surface area contributed by atoms with Gasteiger partial charge >= 0.3 is 0 Å². The van der Waals surface area contributed by atoms with Gasteiger partial charge in [0.05, 0.1) is 28.7 Å². The van der Waals surface area contributed by atoms with Gasteiger partial charge in [-0.05, 0) is 23.8 Å². The van der Waals surface area contributed by atoms with E-state index in [-0.39, 0.29) is 23.3 Å². The number of carbonyl (C=O) groups is 1. The molecule has 0 aliphatic carbocycles. The van der Waals surface area contributed by atoms with E-state index in [0.717, 1.165) is 5.56 Å². The van der Waals surface area contributed by atoms with Crippen molar-refractivity contribution in [2.24, 2.45) is 5.73 Å². The molecule has 0 aliphatic rings. The first-order chi connectivity index (χ1) is 11.5. The molecule has 120 valence electrons. The molecule has 8 nitrogen and oxygen atoms in total. The Morgan fingerprint density at radius 3 is 2.54 bits per heavy atom. The van der Waals surface area contributed by atoms with Gasteiger partial charge in [0.1, 0.15) is 0 Å². The Balaban J connectivity index is 1.97. The highest BCUT2D eigenvalue weighted by molar-refractivity contribution is 5.92. The number of hydrogen-bond donors (Lipinski definition) is 1. The Morgan fingerprint density at radius 1 is 1.21 bits per heavy atom. The van der Waals surface area contributed by atoms with Crippen molar-refractivity contribution in [3.05, 3.63) is 80.4 Å². The fraction of sp³-hybridized carbons (Fsp3) is 0.0625. The molecule has 0 unspecified atom stereocenters. The van der Waals surface area contributed by atoms with Gasteiger partial charge in [0.15, 0.2) is 0 Å². The zero-order chi connectivity index (χ0) is 17.3. The van der Waals surface area contributed by atoms with Crippen molar-refractivity contribution in [2.75, 3.05) is 0 Å². The zero-order valence-corrected chi connectivity index (χ0v) is 12.4. The van der Waals surface area contributed by atoms with E-state index >= 15 is 0 Å². The third-order valence-corrected chi connectivity index (χ3v) is 3.61. The standard InChI is InChI=1S/C16H12N4O4/c17-15(21)11-3-1-10(2-4-11)8-19-9-18-14-7-12(20(23)24)5-6-13(14)16(19)22/h1-7,9H,8H2,(H2,17,21). The normalized spacial score (nSPS) is 10.7. The smallest absolute Gasteiger partial charge is 0.271 e. The van der Waals surface area contributed by atoms with Crippen LogP contribution in [0.15, 0.2) is 53.6 Å². The molecular weight excluding hydrogens is 312 g/mol. The van der Waals surface area contributed by atoms with Gasteiger partial charge in [-0.2, -0.15) is 0 Å². The fourth-order valence-electron chi connectivity index (χ4n) is 2.34. The third kappa shape index (κ3) is 2.84. The number of nitro groups is 1. The van der Waals surface area contributed by atoms with Gasteiger partial charge in [0.2, 0.25) is 5.91 Å². The van der Waals surface area contributed by atoms with Crippen LogP contribution in [-0.2, 0) is 6.54 Å². The summed E-state index contributed by atoms with van der Waals surface area (Å²) in [6, 6.07) is 10.5. The van der Waals surface area contributed by atoms with Crippen LogP contribution in [0.1, 0.15) is 15.9 Å². The zero-order valence-electron chi connectivity index (χ0n) is 12.4.